The largest absolute Gasteiger partial charge is 0.370 e. The van der Waals surface area contributed by atoms with Crippen molar-refractivity contribution in [1.82, 2.24) is 4.98 Å². The molecule has 1 fully saturated rings. The number of hydrogen-bond acceptors (Lipinski definition) is 4. The number of anilines is 2. The van der Waals surface area contributed by atoms with Crippen LogP contribution >= 0.6 is 0 Å². The first-order valence-corrected chi connectivity index (χ1v) is 7.56. The number of nitrogen functional groups attached to an aromatic ring is 1. The number of aromatic nitrogens is 1. The summed E-state index contributed by atoms with van der Waals surface area (Å²) in [6.07, 6.45) is 5.58. The molecule has 1 aliphatic rings. The minimum atomic E-state index is 0.706. The van der Waals surface area contributed by atoms with E-state index in [1.54, 1.807) is 0 Å². The molecule has 0 atom stereocenters. The van der Waals surface area contributed by atoms with Gasteiger partial charge in [0.05, 0.1) is 11.9 Å². The van der Waals surface area contributed by atoms with Crippen LogP contribution in [0.1, 0.15) is 18.4 Å². The second-order valence-corrected chi connectivity index (χ2v) is 5.67. The fourth-order valence-corrected chi connectivity index (χ4v) is 3.00. The number of nitrogens with one attached hydrogen (secondary N) is 1. The normalized spacial score (nSPS) is 16.0. The lowest BCUT2D eigenvalue weighted by atomic mass is 9.90. The molecule has 1 aromatic heterocycles. The molecule has 3 rings (SSSR count). The van der Waals surface area contributed by atoms with E-state index in [2.05, 4.69) is 51.7 Å². The van der Waals surface area contributed by atoms with E-state index < -0.39 is 0 Å². The molecule has 2 heterocycles. The summed E-state index contributed by atoms with van der Waals surface area (Å²) in [5.74, 6) is 6.84. The van der Waals surface area contributed by atoms with Gasteiger partial charge in [-0.25, -0.2) is 10.8 Å². The minimum absolute atomic E-state index is 0.706. The summed E-state index contributed by atoms with van der Waals surface area (Å²) in [4.78, 5) is 6.69. The molecule has 0 spiro atoms. The van der Waals surface area contributed by atoms with Gasteiger partial charge in [0.1, 0.15) is 5.82 Å². The number of nitrogens with two attached hydrogens (primary N) is 1. The second kappa shape index (κ2) is 6.59. The molecule has 0 aliphatic carbocycles. The predicted octanol–water partition coefficient (Wildman–Crippen LogP) is 2.83. The highest BCUT2D eigenvalue weighted by atomic mass is 15.2. The molecular formula is C17H22N4. The zero-order chi connectivity index (χ0) is 14.5. The van der Waals surface area contributed by atoms with Gasteiger partial charge in [0, 0.05) is 13.1 Å². The third-order valence-corrected chi connectivity index (χ3v) is 4.24. The first-order valence-electron chi connectivity index (χ1n) is 7.56. The van der Waals surface area contributed by atoms with Crippen molar-refractivity contribution in [1.29, 1.82) is 0 Å². The molecule has 0 saturated carbocycles. The Kier molecular flexibility index (Phi) is 4.36. The average Bonchev–Trinajstić information content (AvgIpc) is 2.57. The third kappa shape index (κ3) is 3.52. The van der Waals surface area contributed by atoms with Crippen LogP contribution in [-0.4, -0.2) is 18.1 Å². The Morgan fingerprint density at radius 1 is 1.10 bits per heavy atom. The summed E-state index contributed by atoms with van der Waals surface area (Å²) in [5, 5.41) is 0. The van der Waals surface area contributed by atoms with E-state index >= 15 is 0 Å². The Bertz CT molecular complexity index is 545. The molecule has 4 nitrogen and oxygen atoms in total. The molecule has 1 aliphatic heterocycles. The molecular weight excluding hydrogens is 260 g/mol. The zero-order valence-electron chi connectivity index (χ0n) is 12.2. The fourth-order valence-electron chi connectivity index (χ4n) is 3.00. The number of piperidine rings is 1. The van der Waals surface area contributed by atoms with Crippen molar-refractivity contribution in [2.24, 2.45) is 11.8 Å². The van der Waals surface area contributed by atoms with Crippen molar-refractivity contribution < 1.29 is 0 Å². The van der Waals surface area contributed by atoms with Crippen LogP contribution in [0.25, 0.3) is 0 Å². The molecule has 0 radical (unpaired) electrons. The van der Waals surface area contributed by atoms with E-state index in [0.717, 1.165) is 19.0 Å². The highest BCUT2D eigenvalue weighted by Gasteiger charge is 2.19. The van der Waals surface area contributed by atoms with Crippen LogP contribution in [0, 0.1) is 5.92 Å². The molecule has 0 unspecified atom stereocenters. The van der Waals surface area contributed by atoms with Crippen LogP contribution in [0.5, 0.6) is 0 Å². The highest BCUT2D eigenvalue weighted by molar-refractivity contribution is 5.49. The molecule has 1 aromatic carbocycles. The van der Waals surface area contributed by atoms with E-state index in [1.165, 1.54) is 30.5 Å². The van der Waals surface area contributed by atoms with Crippen LogP contribution in [0.3, 0.4) is 0 Å². The number of pyridine rings is 1. The smallest absolute Gasteiger partial charge is 0.140 e. The van der Waals surface area contributed by atoms with Crippen LogP contribution < -0.4 is 16.2 Å². The topological polar surface area (TPSA) is 54.2 Å². The Labute approximate surface area is 126 Å². The molecule has 110 valence electrons. The maximum absolute atomic E-state index is 5.34. The monoisotopic (exact) mass is 282 g/mol. The Morgan fingerprint density at radius 2 is 1.86 bits per heavy atom. The Balaban J connectivity index is 1.54. The van der Waals surface area contributed by atoms with Crippen molar-refractivity contribution in [3.63, 3.8) is 0 Å². The number of nitrogens with zero attached hydrogens (tertiary/aromatic N) is 2. The molecule has 21 heavy (non-hydrogen) atoms. The van der Waals surface area contributed by atoms with Gasteiger partial charge in [-0.2, -0.15) is 0 Å². The summed E-state index contributed by atoms with van der Waals surface area (Å²) in [6.45, 7) is 2.21. The molecule has 2 aromatic rings. The van der Waals surface area contributed by atoms with Gasteiger partial charge in [-0.1, -0.05) is 30.3 Å². The summed E-state index contributed by atoms with van der Waals surface area (Å²) < 4.78 is 0. The maximum atomic E-state index is 5.34. The van der Waals surface area contributed by atoms with Gasteiger partial charge in [0.2, 0.25) is 0 Å². The maximum Gasteiger partial charge on any atom is 0.140 e. The second-order valence-electron chi connectivity index (χ2n) is 5.67. The van der Waals surface area contributed by atoms with E-state index in [4.69, 9.17) is 5.84 Å². The first-order chi connectivity index (χ1) is 10.3. The van der Waals surface area contributed by atoms with Crippen LogP contribution in [0.2, 0.25) is 0 Å². The Hall–Kier alpha value is -2.07. The van der Waals surface area contributed by atoms with Crippen molar-refractivity contribution in [3.05, 3.63) is 54.2 Å². The summed E-state index contributed by atoms with van der Waals surface area (Å²) in [6, 6.07) is 14.8. The molecule has 3 N–H and O–H groups in total. The summed E-state index contributed by atoms with van der Waals surface area (Å²) in [7, 11) is 0. The molecule has 4 heteroatoms. The van der Waals surface area contributed by atoms with Gasteiger partial charge < -0.3 is 10.3 Å². The molecule has 0 bridgehead atoms. The summed E-state index contributed by atoms with van der Waals surface area (Å²) in [5.41, 5.74) is 5.20. The van der Waals surface area contributed by atoms with Gasteiger partial charge in [0.25, 0.3) is 0 Å². The minimum Gasteiger partial charge on any atom is -0.370 e. The average molecular weight is 282 g/mol. The Morgan fingerprint density at radius 3 is 2.48 bits per heavy atom. The summed E-state index contributed by atoms with van der Waals surface area (Å²) >= 11 is 0. The fraction of sp³-hybridized carbons (Fsp3) is 0.353. The van der Waals surface area contributed by atoms with Gasteiger partial charge in [-0.05, 0) is 42.9 Å². The van der Waals surface area contributed by atoms with Gasteiger partial charge in [-0.3, -0.25) is 0 Å². The van der Waals surface area contributed by atoms with Crippen molar-refractivity contribution in [3.8, 4) is 0 Å². The first kappa shape index (κ1) is 13.9. The lowest BCUT2D eigenvalue weighted by Crippen LogP contribution is -2.34. The van der Waals surface area contributed by atoms with E-state index in [0.29, 0.717) is 5.82 Å². The van der Waals surface area contributed by atoms with Crippen LogP contribution in [0.4, 0.5) is 11.5 Å². The lowest BCUT2D eigenvalue weighted by molar-refractivity contribution is 0.403. The van der Waals surface area contributed by atoms with Crippen molar-refractivity contribution in [2.45, 2.75) is 19.3 Å². The predicted molar refractivity (Wildman–Crippen MR) is 87.1 cm³/mol. The van der Waals surface area contributed by atoms with E-state index in [-0.39, 0.29) is 0 Å². The van der Waals surface area contributed by atoms with E-state index in [9.17, 15) is 0 Å². The number of hydrogen-bond donors (Lipinski definition) is 2. The van der Waals surface area contributed by atoms with Crippen LogP contribution in [0.15, 0.2) is 48.7 Å². The number of hydrazine groups is 1. The highest BCUT2D eigenvalue weighted by Crippen LogP contribution is 2.25. The number of rotatable bonds is 4. The molecule has 1 saturated heterocycles. The van der Waals surface area contributed by atoms with E-state index in [1.807, 2.05) is 12.3 Å². The zero-order valence-corrected chi connectivity index (χ0v) is 12.2. The quantitative estimate of drug-likeness (QED) is 0.669. The van der Waals surface area contributed by atoms with Crippen molar-refractivity contribution in [2.75, 3.05) is 23.4 Å². The van der Waals surface area contributed by atoms with Crippen LogP contribution in [-0.2, 0) is 6.42 Å². The van der Waals surface area contributed by atoms with Gasteiger partial charge in [0.15, 0.2) is 0 Å². The third-order valence-electron chi connectivity index (χ3n) is 4.24. The SMILES string of the molecule is NNc1ccc(N2CCC(Cc3ccccc3)CC2)cn1. The standard InChI is InChI=1S/C17H22N4/c18-20-17-7-6-16(13-19-17)21-10-8-15(9-11-21)12-14-4-2-1-3-5-14/h1-7,13,15H,8-12,18H2,(H,19,20). The number of benzene rings is 1. The van der Waals surface area contributed by atoms with Gasteiger partial charge in [-0.15, -0.1) is 0 Å². The van der Waals surface area contributed by atoms with Crippen molar-refractivity contribution >= 4 is 11.5 Å². The molecule has 0 amide bonds. The van der Waals surface area contributed by atoms with Gasteiger partial charge >= 0.3 is 0 Å². The lowest BCUT2D eigenvalue weighted by Gasteiger charge is -2.33.